The monoisotopic (exact) mass is 400 g/mol. The maximum Gasteiger partial charge on any atom is 0.251 e. The molecule has 1 fully saturated rings. The summed E-state index contributed by atoms with van der Waals surface area (Å²) in [6.07, 6.45) is -0.346. The minimum Gasteiger partial charge on any atom is -0.382 e. The summed E-state index contributed by atoms with van der Waals surface area (Å²) < 4.78 is 43.0. The lowest BCUT2D eigenvalue weighted by atomic mass is 10.2. The number of hydrogen-bond acceptors (Lipinski definition) is 6. The quantitative estimate of drug-likeness (QED) is 0.619. The van der Waals surface area contributed by atoms with Gasteiger partial charge in [0.15, 0.2) is 0 Å². The first-order chi connectivity index (χ1) is 12.8. The maximum atomic E-state index is 12.9. The lowest BCUT2D eigenvalue weighted by Gasteiger charge is -2.34. The number of methoxy groups -OCH3 is 1. The Morgan fingerprint density at radius 3 is 2.59 bits per heavy atom. The Morgan fingerprint density at radius 1 is 1.22 bits per heavy atom. The smallest absolute Gasteiger partial charge is 0.251 e. The van der Waals surface area contributed by atoms with Gasteiger partial charge in [-0.05, 0) is 32.0 Å². The highest BCUT2D eigenvalue weighted by atomic mass is 32.2. The molecule has 0 bridgehead atoms. The molecule has 152 valence electrons. The van der Waals surface area contributed by atoms with Crippen molar-refractivity contribution in [3.8, 4) is 0 Å². The Labute approximate surface area is 160 Å². The Hall–Kier alpha value is -1.52. The maximum absolute atomic E-state index is 12.9. The fraction of sp³-hybridized carbons (Fsp3) is 0.611. The number of morpholine rings is 1. The van der Waals surface area contributed by atoms with Gasteiger partial charge in [-0.2, -0.15) is 4.31 Å². The molecular formula is C18H28N2O6S. The van der Waals surface area contributed by atoms with Gasteiger partial charge in [0.05, 0.1) is 36.9 Å². The van der Waals surface area contributed by atoms with E-state index in [0.717, 1.165) is 0 Å². The van der Waals surface area contributed by atoms with E-state index in [2.05, 4.69) is 5.32 Å². The van der Waals surface area contributed by atoms with Crippen molar-refractivity contribution in [1.82, 2.24) is 9.62 Å². The molecule has 1 aliphatic rings. The summed E-state index contributed by atoms with van der Waals surface area (Å²) >= 11 is 0. The molecule has 0 saturated carbocycles. The van der Waals surface area contributed by atoms with Crippen LogP contribution in [0.4, 0.5) is 0 Å². The molecule has 1 aromatic rings. The molecule has 1 aliphatic heterocycles. The fourth-order valence-corrected chi connectivity index (χ4v) is 4.49. The molecule has 1 amide bonds. The molecule has 1 heterocycles. The van der Waals surface area contributed by atoms with Crippen molar-refractivity contribution in [3.63, 3.8) is 0 Å². The molecule has 0 unspecified atom stereocenters. The molecule has 0 aliphatic carbocycles. The molecule has 27 heavy (non-hydrogen) atoms. The van der Waals surface area contributed by atoms with Crippen molar-refractivity contribution in [2.45, 2.75) is 31.0 Å². The van der Waals surface area contributed by atoms with Crippen LogP contribution in [0.5, 0.6) is 0 Å². The summed E-state index contributed by atoms with van der Waals surface area (Å²) in [5.74, 6) is -0.342. The van der Waals surface area contributed by atoms with E-state index in [4.69, 9.17) is 14.2 Å². The lowest BCUT2D eigenvalue weighted by molar-refractivity contribution is -0.0440. The van der Waals surface area contributed by atoms with E-state index in [9.17, 15) is 13.2 Å². The predicted octanol–water partition coefficient (Wildman–Crippen LogP) is 0.877. The van der Waals surface area contributed by atoms with Gasteiger partial charge in [0, 0.05) is 32.3 Å². The van der Waals surface area contributed by atoms with Crippen LogP contribution in [0.25, 0.3) is 0 Å². The van der Waals surface area contributed by atoms with Crippen LogP contribution in [0.2, 0.25) is 0 Å². The van der Waals surface area contributed by atoms with Crippen LogP contribution >= 0.6 is 0 Å². The van der Waals surface area contributed by atoms with Crippen molar-refractivity contribution in [3.05, 3.63) is 29.8 Å². The van der Waals surface area contributed by atoms with Crippen LogP contribution in [-0.2, 0) is 24.2 Å². The lowest BCUT2D eigenvalue weighted by Crippen LogP contribution is -2.48. The van der Waals surface area contributed by atoms with Gasteiger partial charge < -0.3 is 19.5 Å². The second-order valence-corrected chi connectivity index (χ2v) is 8.41. The highest BCUT2D eigenvalue weighted by molar-refractivity contribution is 7.89. The molecule has 8 nitrogen and oxygen atoms in total. The van der Waals surface area contributed by atoms with Gasteiger partial charge in [0.1, 0.15) is 0 Å². The van der Waals surface area contributed by atoms with E-state index < -0.39 is 10.0 Å². The molecule has 2 atom stereocenters. The normalized spacial score (nSPS) is 21.1. The van der Waals surface area contributed by atoms with E-state index >= 15 is 0 Å². The van der Waals surface area contributed by atoms with E-state index in [1.807, 2.05) is 13.8 Å². The summed E-state index contributed by atoms with van der Waals surface area (Å²) in [5, 5.41) is 2.72. The average molecular weight is 400 g/mol. The number of carbonyl (C=O) groups excluding carboxylic acids is 1. The zero-order valence-electron chi connectivity index (χ0n) is 16.0. The van der Waals surface area contributed by atoms with E-state index in [-0.39, 0.29) is 23.0 Å². The zero-order valence-corrected chi connectivity index (χ0v) is 16.8. The minimum atomic E-state index is -3.68. The molecular weight excluding hydrogens is 372 g/mol. The van der Waals surface area contributed by atoms with Crippen LogP contribution in [0.15, 0.2) is 29.2 Å². The van der Waals surface area contributed by atoms with Crippen LogP contribution in [-0.4, -0.2) is 77.4 Å². The first-order valence-electron chi connectivity index (χ1n) is 8.95. The van der Waals surface area contributed by atoms with Gasteiger partial charge in [0.2, 0.25) is 10.0 Å². The fourth-order valence-electron chi connectivity index (χ4n) is 2.86. The van der Waals surface area contributed by atoms with Crippen molar-refractivity contribution < 1.29 is 27.4 Å². The highest BCUT2D eigenvalue weighted by Gasteiger charge is 2.32. The standard InChI is InChI=1S/C18H28N2O6S/c1-14-12-20(13-15(2)26-14)27(22,23)17-6-4-5-16(11-17)18(21)19-7-8-25-10-9-24-3/h4-6,11,14-15H,7-10,12-13H2,1-3H3,(H,19,21)/t14-,15-/m0/s1. The van der Waals surface area contributed by atoms with Crippen LogP contribution in [0, 0.1) is 0 Å². The summed E-state index contributed by atoms with van der Waals surface area (Å²) in [6.45, 7) is 5.91. The molecule has 1 aromatic carbocycles. The molecule has 0 spiro atoms. The van der Waals surface area contributed by atoms with Gasteiger partial charge in [0.25, 0.3) is 5.91 Å². The second-order valence-electron chi connectivity index (χ2n) is 6.47. The van der Waals surface area contributed by atoms with Crippen molar-refractivity contribution >= 4 is 15.9 Å². The number of sulfonamides is 1. The van der Waals surface area contributed by atoms with Crippen LogP contribution in [0.3, 0.4) is 0 Å². The van der Waals surface area contributed by atoms with Gasteiger partial charge >= 0.3 is 0 Å². The first kappa shape index (κ1) is 21.8. The third-order valence-electron chi connectivity index (χ3n) is 4.08. The summed E-state index contributed by atoms with van der Waals surface area (Å²) in [5.41, 5.74) is 0.294. The van der Waals surface area contributed by atoms with Crippen LogP contribution in [0.1, 0.15) is 24.2 Å². The van der Waals surface area contributed by atoms with Gasteiger partial charge in [-0.3, -0.25) is 4.79 Å². The topological polar surface area (TPSA) is 94.2 Å². The largest absolute Gasteiger partial charge is 0.382 e. The van der Waals surface area contributed by atoms with Crippen molar-refractivity contribution in [2.75, 3.05) is 46.6 Å². The summed E-state index contributed by atoms with van der Waals surface area (Å²) in [4.78, 5) is 12.4. The average Bonchev–Trinajstić information content (AvgIpc) is 2.63. The Morgan fingerprint density at radius 2 is 1.93 bits per heavy atom. The first-order valence-corrected chi connectivity index (χ1v) is 10.4. The zero-order chi connectivity index (χ0) is 19.9. The number of nitrogens with zero attached hydrogens (tertiary/aromatic N) is 1. The van der Waals surface area contributed by atoms with Gasteiger partial charge in [-0.25, -0.2) is 8.42 Å². The number of hydrogen-bond donors (Lipinski definition) is 1. The highest BCUT2D eigenvalue weighted by Crippen LogP contribution is 2.21. The van der Waals surface area contributed by atoms with Crippen LogP contribution < -0.4 is 5.32 Å². The van der Waals surface area contributed by atoms with Crippen molar-refractivity contribution in [2.24, 2.45) is 0 Å². The van der Waals surface area contributed by atoms with Gasteiger partial charge in [-0.1, -0.05) is 6.07 Å². The minimum absolute atomic E-state index is 0.104. The number of ether oxygens (including phenoxy) is 3. The second kappa shape index (κ2) is 10.1. The number of rotatable bonds is 9. The number of carbonyl (C=O) groups is 1. The number of nitrogens with one attached hydrogen (secondary N) is 1. The molecule has 1 saturated heterocycles. The molecule has 9 heteroatoms. The van der Waals surface area contributed by atoms with Gasteiger partial charge in [-0.15, -0.1) is 0 Å². The Bertz CT molecular complexity index is 714. The number of amides is 1. The Balaban J connectivity index is 2.00. The molecule has 2 rings (SSSR count). The molecule has 0 radical (unpaired) electrons. The van der Waals surface area contributed by atoms with E-state index in [1.54, 1.807) is 19.2 Å². The molecule has 1 N–H and O–H groups in total. The number of benzene rings is 1. The third kappa shape index (κ3) is 6.25. The third-order valence-corrected chi connectivity index (χ3v) is 5.91. The predicted molar refractivity (Wildman–Crippen MR) is 100 cm³/mol. The summed E-state index contributed by atoms with van der Waals surface area (Å²) in [6, 6.07) is 6.07. The Kier molecular flexibility index (Phi) is 8.18. The summed E-state index contributed by atoms with van der Waals surface area (Å²) in [7, 11) is -2.10. The van der Waals surface area contributed by atoms with E-state index in [0.29, 0.717) is 45.0 Å². The van der Waals surface area contributed by atoms with E-state index in [1.165, 1.54) is 16.4 Å². The SMILES string of the molecule is COCCOCCNC(=O)c1cccc(S(=O)(=O)N2C[C@H](C)O[C@@H](C)C2)c1. The van der Waals surface area contributed by atoms with Crippen molar-refractivity contribution in [1.29, 1.82) is 0 Å². The molecule has 0 aromatic heterocycles.